The molecule has 0 aliphatic heterocycles. The minimum atomic E-state index is -0.316. The van der Waals surface area contributed by atoms with E-state index in [1.807, 2.05) is 26.0 Å². The van der Waals surface area contributed by atoms with Crippen molar-refractivity contribution in [3.63, 3.8) is 0 Å². The zero-order valence-electron chi connectivity index (χ0n) is 13.7. The number of hydrogen-bond acceptors (Lipinski definition) is 5. The topological polar surface area (TPSA) is 48.0 Å². The van der Waals surface area contributed by atoms with Crippen LogP contribution in [0.2, 0.25) is 0 Å². The van der Waals surface area contributed by atoms with E-state index in [-0.39, 0.29) is 5.97 Å². The molecule has 0 bridgehead atoms. The van der Waals surface area contributed by atoms with Crippen LogP contribution < -0.4 is 9.64 Å². The molecule has 1 aromatic carbocycles. The molecule has 0 aromatic heterocycles. The SMILES string of the molecule is CC.COCCN(CCOC)c1ccc(OC(C)=O)cc1. The summed E-state index contributed by atoms with van der Waals surface area (Å²) in [5.41, 5.74) is 1.05. The summed E-state index contributed by atoms with van der Waals surface area (Å²) in [4.78, 5) is 13.0. The Morgan fingerprint density at radius 1 is 1.00 bits per heavy atom. The molecule has 0 saturated heterocycles. The van der Waals surface area contributed by atoms with Crippen molar-refractivity contribution in [1.29, 1.82) is 0 Å². The minimum Gasteiger partial charge on any atom is -0.427 e. The Bertz CT molecular complexity index is 370. The lowest BCUT2D eigenvalue weighted by molar-refractivity contribution is -0.131. The molecule has 5 heteroatoms. The van der Waals surface area contributed by atoms with Crippen LogP contribution in [0.25, 0.3) is 0 Å². The van der Waals surface area contributed by atoms with Crippen LogP contribution >= 0.6 is 0 Å². The van der Waals surface area contributed by atoms with Crippen molar-refractivity contribution in [1.82, 2.24) is 0 Å². The third-order valence-electron chi connectivity index (χ3n) is 2.59. The minimum absolute atomic E-state index is 0.316. The molecule has 0 fully saturated rings. The number of rotatable bonds is 8. The molecule has 120 valence electrons. The Hall–Kier alpha value is -1.59. The van der Waals surface area contributed by atoms with Gasteiger partial charge in [-0.1, -0.05) is 13.8 Å². The van der Waals surface area contributed by atoms with Crippen molar-refractivity contribution in [3.05, 3.63) is 24.3 Å². The van der Waals surface area contributed by atoms with Crippen LogP contribution in [0.1, 0.15) is 20.8 Å². The molecule has 0 heterocycles. The lowest BCUT2D eigenvalue weighted by atomic mass is 10.2. The molecule has 0 spiro atoms. The maximum atomic E-state index is 10.8. The van der Waals surface area contributed by atoms with E-state index in [0.717, 1.165) is 18.8 Å². The van der Waals surface area contributed by atoms with Crippen LogP contribution in [-0.2, 0) is 14.3 Å². The molecule has 0 saturated carbocycles. The van der Waals surface area contributed by atoms with Gasteiger partial charge in [-0.2, -0.15) is 0 Å². The Balaban J connectivity index is 0.00000191. The molecule has 0 amide bonds. The van der Waals surface area contributed by atoms with Gasteiger partial charge in [0.25, 0.3) is 0 Å². The zero-order valence-corrected chi connectivity index (χ0v) is 13.7. The normalized spacial score (nSPS) is 9.57. The maximum absolute atomic E-state index is 10.8. The molecule has 0 N–H and O–H groups in total. The first-order valence-corrected chi connectivity index (χ1v) is 7.18. The highest BCUT2D eigenvalue weighted by Crippen LogP contribution is 2.19. The van der Waals surface area contributed by atoms with Crippen molar-refractivity contribution >= 4 is 11.7 Å². The Morgan fingerprint density at radius 3 is 1.86 bits per heavy atom. The predicted molar refractivity (Wildman–Crippen MR) is 85.1 cm³/mol. The van der Waals surface area contributed by atoms with Crippen molar-refractivity contribution in [2.45, 2.75) is 20.8 Å². The second-order valence-electron chi connectivity index (χ2n) is 4.06. The molecule has 0 aliphatic rings. The van der Waals surface area contributed by atoms with E-state index in [4.69, 9.17) is 14.2 Å². The Labute approximate surface area is 127 Å². The molecule has 21 heavy (non-hydrogen) atoms. The fourth-order valence-electron chi connectivity index (χ4n) is 1.66. The first-order valence-electron chi connectivity index (χ1n) is 7.18. The number of benzene rings is 1. The van der Waals surface area contributed by atoms with Gasteiger partial charge in [0, 0.05) is 39.9 Å². The summed E-state index contributed by atoms with van der Waals surface area (Å²) < 4.78 is 15.2. The largest absolute Gasteiger partial charge is 0.427 e. The highest BCUT2D eigenvalue weighted by molar-refractivity contribution is 5.69. The van der Waals surface area contributed by atoms with Gasteiger partial charge in [-0.15, -0.1) is 0 Å². The molecular formula is C16H27NO4. The first kappa shape index (κ1) is 19.4. The van der Waals surface area contributed by atoms with Crippen molar-refractivity contribution in [3.8, 4) is 5.75 Å². The summed E-state index contributed by atoms with van der Waals surface area (Å²) in [6, 6.07) is 7.40. The van der Waals surface area contributed by atoms with Gasteiger partial charge in [0.05, 0.1) is 13.2 Å². The smallest absolute Gasteiger partial charge is 0.308 e. The standard InChI is InChI=1S/C14H21NO4.C2H6/c1-12(16)19-14-6-4-13(5-7-14)15(8-10-17-2)9-11-18-3;1-2/h4-7H,8-11H2,1-3H3;1-2H3. The predicted octanol–water partition coefficient (Wildman–Crippen LogP) is 2.74. The lowest BCUT2D eigenvalue weighted by Crippen LogP contribution is -2.30. The van der Waals surface area contributed by atoms with Gasteiger partial charge < -0.3 is 19.1 Å². The number of carbonyl (C=O) groups excluding carboxylic acids is 1. The van der Waals surface area contributed by atoms with E-state index < -0.39 is 0 Å². The third kappa shape index (κ3) is 8.32. The number of esters is 1. The molecule has 0 atom stereocenters. The zero-order chi connectivity index (χ0) is 16.1. The molecule has 0 radical (unpaired) electrons. The highest BCUT2D eigenvalue weighted by Gasteiger charge is 2.07. The van der Waals surface area contributed by atoms with E-state index in [1.54, 1.807) is 26.4 Å². The molecule has 1 aromatic rings. The monoisotopic (exact) mass is 297 g/mol. The number of carbonyl (C=O) groups is 1. The summed E-state index contributed by atoms with van der Waals surface area (Å²) in [5.74, 6) is 0.234. The van der Waals surface area contributed by atoms with Crippen LogP contribution in [0, 0.1) is 0 Å². The van der Waals surface area contributed by atoms with E-state index >= 15 is 0 Å². The summed E-state index contributed by atoms with van der Waals surface area (Å²) in [6.45, 7) is 8.25. The van der Waals surface area contributed by atoms with Crippen molar-refractivity contribution < 1.29 is 19.0 Å². The second-order valence-corrected chi connectivity index (χ2v) is 4.06. The van der Waals surface area contributed by atoms with Crippen LogP contribution in [0.4, 0.5) is 5.69 Å². The fourth-order valence-corrected chi connectivity index (χ4v) is 1.66. The van der Waals surface area contributed by atoms with Gasteiger partial charge in [0.2, 0.25) is 0 Å². The lowest BCUT2D eigenvalue weighted by Gasteiger charge is -2.24. The number of anilines is 1. The van der Waals surface area contributed by atoms with E-state index in [0.29, 0.717) is 19.0 Å². The average molecular weight is 297 g/mol. The van der Waals surface area contributed by atoms with Gasteiger partial charge >= 0.3 is 5.97 Å². The fraction of sp³-hybridized carbons (Fsp3) is 0.562. The van der Waals surface area contributed by atoms with Crippen LogP contribution in [0.5, 0.6) is 5.75 Å². The summed E-state index contributed by atoms with van der Waals surface area (Å²) in [6.07, 6.45) is 0. The van der Waals surface area contributed by atoms with E-state index in [9.17, 15) is 4.79 Å². The molecule has 1 rings (SSSR count). The number of methoxy groups -OCH3 is 2. The summed E-state index contributed by atoms with van der Waals surface area (Å²) >= 11 is 0. The molecule has 0 aliphatic carbocycles. The highest BCUT2D eigenvalue weighted by atomic mass is 16.5. The Morgan fingerprint density at radius 2 is 1.48 bits per heavy atom. The maximum Gasteiger partial charge on any atom is 0.308 e. The molecule has 5 nitrogen and oxygen atoms in total. The van der Waals surface area contributed by atoms with E-state index in [2.05, 4.69) is 4.90 Å². The molecular weight excluding hydrogens is 270 g/mol. The van der Waals surface area contributed by atoms with Gasteiger partial charge in [-0.05, 0) is 24.3 Å². The second kappa shape index (κ2) is 12.2. The van der Waals surface area contributed by atoms with E-state index in [1.165, 1.54) is 6.92 Å². The van der Waals surface area contributed by atoms with Crippen LogP contribution in [0.15, 0.2) is 24.3 Å². The number of nitrogens with zero attached hydrogens (tertiary/aromatic N) is 1. The third-order valence-corrected chi connectivity index (χ3v) is 2.59. The average Bonchev–Trinajstić information content (AvgIpc) is 2.50. The van der Waals surface area contributed by atoms with Crippen LogP contribution in [-0.4, -0.2) is 46.5 Å². The van der Waals surface area contributed by atoms with Gasteiger partial charge in [0.1, 0.15) is 5.75 Å². The van der Waals surface area contributed by atoms with Crippen LogP contribution in [0.3, 0.4) is 0 Å². The quantitative estimate of drug-likeness (QED) is 0.545. The summed E-state index contributed by atoms with van der Waals surface area (Å²) in [7, 11) is 3.36. The van der Waals surface area contributed by atoms with Gasteiger partial charge in [0.15, 0.2) is 0 Å². The van der Waals surface area contributed by atoms with Crippen molar-refractivity contribution in [2.24, 2.45) is 0 Å². The van der Waals surface area contributed by atoms with Gasteiger partial charge in [-0.3, -0.25) is 4.79 Å². The first-order chi connectivity index (χ1) is 10.2. The van der Waals surface area contributed by atoms with Gasteiger partial charge in [-0.25, -0.2) is 0 Å². The summed E-state index contributed by atoms with van der Waals surface area (Å²) in [5, 5.41) is 0. The van der Waals surface area contributed by atoms with Crippen molar-refractivity contribution in [2.75, 3.05) is 45.4 Å². The molecule has 0 unspecified atom stereocenters. The Kier molecular flexibility index (Phi) is 11.3. The number of ether oxygens (including phenoxy) is 3. The number of hydrogen-bond donors (Lipinski definition) is 0.